The molecule has 0 unspecified atom stereocenters. The molecular weight excluding hydrogens is 224 g/mol. The Morgan fingerprint density at radius 1 is 0.933 bits per heavy atom. The van der Waals surface area contributed by atoms with E-state index in [0.29, 0.717) is 11.5 Å². The van der Waals surface area contributed by atoms with Crippen LogP contribution in [-0.2, 0) is 19.1 Å². The number of rotatable bonds is 8. The fourth-order valence-corrected chi connectivity index (χ4v) is 1.53. The van der Waals surface area contributed by atoms with Crippen molar-refractivity contribution in [3.05, 3.63) is 0 Å². The average Bonchev–Trinajstić information content (AvgIpc) is 2.18. The lowest BCUT2D eigenvalue weighted by atomic mass is 10.5. The van der Waals surface area contributed by atoms with Crippen molar-refractivity contribution in [3.8, 4) is 0 Å². The second-order valence-corrected chi connectivity index (χ2v) is 3.63. The molecule has 15 heavy (non-hydrogen) atoms. The minimum Gasteiger partial charge on any atom is -0.439 e. The van der Waals surface area contributed by atoms with E-state index in [1.54, 1.807) is 0 Å². The molecule has 7 heteroatoms. The fraction of sp³-hybridized carbons (Fsp3) is 0.750. The lowest BCUT2D eigenvalue weighted by Crippen LogP contribution is -2.08. The van der Waals surface area contributed by atoms with E-state index in [1.807, 2.05) is 0 Å². The zero-order valence-corrected chi connectivity index (χ0v) is 8.99. The number of carbonyl (C=O) groups excluding carboxylic acids is 2. The number of ether oxygens (including phenoxy) is 2. The Morgan fingerprint density at radius 3 is 1.67 bits per heavy atom. The van der Waals surface area contributed by atoms with Crippen LogP contribution >= 0.6 is 11.8 Å². The summed E-state index contributed by atoms with van der Waals surface area (Å²) >= 11 is 1.40. The van der Waals surface area contributed by atoms with Gasteiger partial charge >= 0.3 is 11.9 Å². The molecule has 0 saturated heterocycles. The number of carbonyl (C=O) groups is 2. The summed E-state index contributed by atoms with van der Waals surface area (Å²) < 4.78 is 8.57. The van der Waals surface area contributed by atoms with E-state index in [-0.39, 0.29) is 12.8 Å². The zero-order valence-electron chi connectivity index (χ0n) is 8.18. The monoisotopic (exact) mass is 238 g/mol. The van der Waals surface area contributed by atoms with E-state index in [0.717, 1.165) is 0 Å². The third kappa shape index (κ3) is 9.51. The van der Waals surface area contributed by atoms with Crippen LogP contribution in [0.1, 0.15) is 12.8 Å². The lowest BCUT2D eigenvalue weighted by Gasteiger charge is -2.01. The standard InChI is InChI=1S/C8H14O6S/c9-5-13-7(11)1-3-15-4-2-8(12)14-6-10/h9-10H,1-6H2. The van der Waals surface area contributed by atoms with Gasteiger partial charge in [0.15, 0.2) is 13.6 Å². The largest absolute Gasteiger partial charge is 0.439 e. The van der Waals surface area contributed by atoms with Crippen LogP contribution < -0.4 is 0 Å². The molecule has 0 heterocycles. The number of esters is 2. The number of hydrogen-bond acceptors (Lipinski definition) is 7. The molecular formula is C8H14O6S. The predicted octanol–water partition coefficient (Wildman–Crippen LogP) is -0.514. The van der Waals surface area contributed by atoms with Gasteiger partial charge in [-0.3, -0.25) is 9.59 Å². The van der Waals surface area contributed by atoms with E-state index in [4.69, 9.17) is 10.2 Å². The van der Waals surface area contributed by atoms with Crippen molar-refractivity contribution >= 4 is 23.7 Å². The van der Waals surface area contributed by atoms with E-state index < -0.39 is 25.5 Å². The fourth-order valence-electron chi connectivity index (χ4n) is 0.701. The summed E-state index contributed by atoms with van der Waals surface area (Å²) in [5, 5.41) is 16.5. The van der Waals surface area contributed by atoms with E-state index in [2.05, 4.69) is 9.47 Å². The molecule has 0 rings (SSSR count). The van der Waals surface area contributed by atoms with Crippen molar-refractivity contribution in [2.75, 3.05) is 25.1 Å². The van der Waals surface area contributed by atoms with Crippen LogP contribution in [0.5, 0.6) is 0 Å². The molecule has 6 nitrogen and oxygen atoms in total. The van der Waals surface area contributed by atoms with Gasteiger partial charge in [0, 0.05) is 11.5 Å². The van der Waals surface area contributed by atoms with E-state index in [1.165, 1.54) is 11.8 Å². The van der Waals surface area contributed by atoms with Crippen molar-refractivity contribution in [1.82, 2.24) is 0 Å². The summed E-state index contributed by atoms with van der Waals surface area (Å²) in [5.74, 6) is 0.0992. The number of aliphatic hydroxyl groups is 2. The minimum absolute atomic E-state index is 0.195. The molecule has 0 aromatic heterocycles. The lowest BCUT2D eigenvalue weighted by molar-refractivity contribution is -0.152. The van der Waals surface area contributed by atoms with Gasteiger partial charge in [-0.15, -0.1) is 0 Å². The van der Waals surface area contributed by atoms with Crippen molar-refractivity contribution < 1.29 is 29.3 Å². The maximum atomic E-state index is 10.7. The Kier molecular flexibility index (Phi) is 9.24. The van der Waals surface area contributed by atoms with Crippen molar-refractivity contribution in [1.29, 1.82) is 0 Å². The first-order valence-electron chi connectivity index (χ1n) is 4.31. The van der Waals surface area contributed by atoms with Crippen LogP contribution in [0.4, 0.5) is 0 Å². The van der Waals surface area contributed by atoms with E-state index >= 15 is 0 Å². The normalized spacial score (nSPS) is 9.73. The van der Waals surface area contributed by atoms with Crippen LogP contribution in [0.25, 0.3) is 0 Å². The predicted molar refractivity (Wildman–Crippen MR) is 52.9 cm³/mol. The molecule has 0 aliphatic heterocycles. The Hall–Kier alpha value is -0.790. The van der Waals surface area contributed by atoms with Crippen molar-refractivity contribution in [2.45, 2.75) is 12.8 Å². The highest BCUT2D eigenvalue weighted by molar-refractivity contribution is 7.99. The highest BCUT2D eigenvalue weighted by atomic mass is 32.2. The molecule has 0 atom stereocenters. The quantitative estimate of drug-likeness (QED) is 0.334. The van der Waals surface area contributed by atoms with Gasteiger partial charge in [0.05, 0.1) is 12.8 Å². The molecule has 0 aliphatic rings. The van der Waals surface area contributed by atoms with Gasteiger partial charge in [-0.1, -0.05) is 0 Å². The van der Waals surface area contributed by atoms with Gasteiger partial charge < -0.3 is 19.7 Å². The minimum atomic E-state index is -0.605. The third-order valence-corrected chi connectivity index (χ3v) is 2.34. The Balaban J connectivity index is 3.24. The number of aliphatic hydroxyl groups excluding tert-OH is 2. The average molecular weight is 238 g/mol. The van der Waals surface area contributed by atoms with Crippen LogP contribution in [0.15, 0.2) is 0 Å². The third-order valence-electron chi connectivity index (χ3n) is 1.35. The van der Waals surface area contributed by atoms with Gasteiger partial charge in [0.1, 0.15) is 0 Å². The van der Waals surface area contributed by atoms with Crippen LogP contribution in [0.2, 0.25) is 0 Å². The topological polar surface area (TPSA) is 93.1 Å². The highest BCUT2D eigenvalue weighted by Crippen LogP contribution is 2.05. The van der Waals surface area contributed by atoms with Crippen LogP contribution in [0, 0.1) is 0 Å². The molecule has 0 radical (unpaired) electrons. The number of thioether (sulfide) groups is 1. The first-order valence-corrected chi connectivity index (χ1v) is 5.47. The molecule has 0 aromatic rings. The molecule has 0 spiro atoms. The van der Waals surface area contributed by atoms with Crippen LogP contribution in [0.3, 0.4) is 0 Å². The maximum absolute atomic E-state index is 10.7. The van der Waals surface area contributed by atoms with Gasteiger partial charge in [0.2, 0.25) is 0 Å². The SMILES string of the molecule is O=C(CCSCCC(=O)OCO)OCO. The molecule has 0 bridgehead atoms. The highest BCUT2D eigenvalue weighted by Gasteiger charge is 2.04. The molecule has 0 saturated carbocycles. The Morgan fingerprint density at radius 2 is 1.33 bits per heavy atom. The van der Waals surface area contributed by atoms with Gasteiger partial charge in [0.25, 0.3) is 0 Å². The second-order valence-electron chi connectivity index (χ2n) is 2.40. The van der Waals surface area contributed by atoms with Crippen molar-refractivity contribution in [3.63, 3.8) is 0 Å². The molecule has 0 aromatic carbocycles. The second kappa shape index (κ2) is 9.75. The first kappa shape index (κ1) is 14.2. The smallest absolute Gasteiger partial charge is 0.308 e. The molecule has 0 aliphatic carbocycles. The molecule has 2 N–H and O–H groups in total. The summed E-state index contributed by atoms with van der Waals surface area (Å²) in [4.78, 5) is 21.4. The Bertz CT molecular complexity index is 176. The maximum Gasteiger partial charge on any atom is 0.308 e. The summed E-state index contributed by atoms with van der Waals surface area (Å²) in [7, 11) is 0. The van der Waals surface area contributed by atoms with Crippen LogP contribution in [-0.4, -0.2) is 47.2 Å². The molecule has 0 amide bonds. The summed E-state index contributed by atoms with van der Waals surface area (Å²) in [6.45, 7) is -1.21. The van der Waals surface area contributed by atoms with E-state index in [9.17, 15) is 9.59 Å². The molecule has 0 fully saturated rings. The first-order chi connectivity index (χ1) is 7.20. The summed E-state index contributed by atoms with van der Waals surface area (Å²) in [6, 6.07) is 0. The van der Waals surface area contributed by atoms with Crippen molar-refractivity contribution in [2.24, 2.45) is 0 Å². The molecule has 88 valence electrons. The van der Waals surface area contributed by atoms with Gasteiger partial charge in [-0.2, -0.15) is 11.8 Å². The van der Waals surface area contributed by atoms with Gasteiger partial charge in [-0.25, -0.2) is 0 Å². The summed E-state index contributed by atoms with van der Waals surface area (Å²) in [5.41, 5.74) is 0. The number of hydrogen-bond donors (Lipinski definition) is 2. The summed E-state index contributed by atoms with van der Waals surface area (Å²) in [6.07, 6.45) is 0.389. The zero-order chi connectivity index (χ0) is 11.5. The van der Waals surface area contributed by atoms with Gasteiger partial charge in [-0.05, 0) is 0 Å². The Labute approximate surface area is 91.6 Å².